The number of sulfonamides is 1. The summed E-state index contributed by atoms with van der Waals surface area (Å²) in [5, 5.41) is 0.653. The number of hydrogen-bond donors (Lipinski definition) is 0. The second-order valence-electron chi connectivity index (χ2n) is 9.43. The first-order valence-corrected chi connectivity index (χ1v) is 14.4. The molecule has 0 saturated carbocycles. The molecule has 35 heavy (non-hydrogen) atoms. The number of benzene rings is 2. The molecule has 188 valence electrons. The molecule has 0 unspecified atom stereocenters. The Morgan fingerprint density at radius 2 is 2.00 bits per heavy atom. The van der Waals surface area contributed by atoms with Gasteiger partial charge in [-0.2, -0.15) is 4.31 Å². The fourth-order valence-electron chi connectivity index (χ4n) is 4.82. The van der Waals surface area contributed by atoms with E-state index in [9.17, 15) is 17.2 Å². The number of nitrogens with zero attached hydrogens (tertiary/aromatic N) is 3. The highest BCUT2D eigenvalue weighted by Gasteiger charge is 2.29. The van der Waals surface area contributed by atoms with Gasteiger partial charge in [0.15, 0.2) is 5.16 Å². The number of hydrogen-bond acceptors (Lipinski definition) is 5. The van der Waals surface area contributed by atoms with Crippen LogP contribution in [0.15, 0.2) is 46.5 Å². The summed E-state index contributed by atoms with van der Waals surface area (Å²) < 4.78 is 63.6. The molecule has 3 heterocycles. The number of imidazole rings is 1. The predicted molar refractivity (Wildman–Crippen MR) is 132 cm³/mol. The molecule has 2 aromatic carbocycles. The maximum absolute atomic E-state index is 14.2. The molecule has 2 aliphatic heterocycles. The Labute approximate surface area is 208 Å². The van der Waals surface area contributed by atoms with Gasteiger partial charge in [-0.1, -0.05) is 24.8 Å². The van der Waals surface area contributed by atoms with Gasteiger partial charge in [-0.3, -0.25) is 0 Å². The maximum Gasteiger partial charge on any atom is 0.243 e. The maximum atomic E-state index is 14.2. The number of thioether (sulfide) groups is 1. The number of fused-ring (bicyclic) bond motifs is 1. The van der Waals surface area contributed by atoms with Crippen molar-refractivity contribution in [3.8, 4) is 0 Å². The van der Waals surface area contributed by atoms with Gasteiger partial charge in [0, 0.05) is 31.5 Å². The summed E-state index contributed by atoms with van der Waals surface area (Å²) in [6, 6.07) is 8.66. The fraction of sp³-hybridized carbons (Fsp3) is 0.480. The van der Waals surface area contributed by atoms with Crippen LogP contribution in [0.25, 0.3) is 11.0 Å². The minimum absolute atomic E-state index is 0.0487. The molecule has 2 atom stereocenters. The number of halogens is 2. The minimum Gasteiger partial charge on any atom is -0.376 e. The molecule has 0 amide bonds. The first-order valence-electron chi connectivity index (χ1n) is 12.0. The summed E-state index contributed by atoms with van der Waals surface area (Å²) in [6.07, 6.45) is 3.88. The highest BCUT2D eigenvalue weighted by molar-refractivity contribution is 7.98. The molecule has 5 rings (SSSR count). The van der Waals surface area contributed by atoms with E-state index in [1.54, 1.807) is 22.5 Å². The molecule has 0 spiro atoms. The lowest BCUT2D eigenvalue weighted by Gasteiger charge is -2.30. The van der Waals surface area contributed by atoms with Crippen molar-refractivity contribution in [2.24, 2.45) is 5.92 Å². The third kappa shape index (κ3) is 5.26. The van der Waals surface area contributed by atoms with Crippen molar-refractivity contribution in [2.45, 2.75) is 61.1 Å². The molecule has 6 nitrogen and oxygen atoms in total. The van der Waals surface area contributed by atoms with Crippen molar-refractivity contribution in [1.82, 2.24) is 13.9 Å². The van der Waals surface area contributed by atoms with Gasteiger partial charge in [-0.25, -0.2) is 22.2 Å². The molecule has 2 saturated heterocycles. The van der Waals surface area contributed by atoms with Gasteiger partial charge in [0.2, 0.25) is 10.0 Å². The monoisotopic (exact) mass is 521 g/mol. The molecular weight excluding hydrogens is 492 g/mol. The lowest BCUT2D eigenvalue weighted by atomic mass is 10.0. The number of ether oxygens (including phenoxy) is 1. The van der Waals surface area contributed by atoms with Crippen LogP contribution in [0, 0.1) is 17.6 Å². The van der Waals surface area contributed by atoms with Crippen molar-refractivity contribution in [3.05, 3.63) is 53.6 Å². The van der Waals surface area contributed by atoms with Crippen LogP contribution < -0.4 is 0 Å². The zero-order valence-electron chi connectivity index (χ0n) is 19.6. The van der Waals surface area contributed by atoms with E-state index >= 15 is 0 Å². The van der Waals surface area contributed by atoms with Crippen molar-refractivity contribution < 1.29 is 21.9 Å². The van der Waals surface area contributed by atoms with E-state index in [2.05, 4.69) is 6.92 Å². The van der Waals surface area contributed by atoms with E-state index in [-0.39, 0.29) is 16.8 Å². The third-order valence-corrected chi connectivity index (χ3v) is 9.61. The van der Waals surface area contributed by atoms with Crippen LogP contribution in [0.3, 0.4) is 0 Å². The Kier molecular flexibility index (Phi) is 7.16. The van der Waals surface area contributed by atoms with Crippen LogP contribution in [0.5, 0.6) is 0 Å². The molecule has 0 N–H and O–H groups in total. The largest absolute Gasteiger partial charge is 0.376 e. The van der Waals surface area contributed by atoms with Crippen molar-refractivity contribution in [2.75, 3.05) is 19.7 Å². The Morgan fingerprint density at radius 3 is 2.74 bits per heavy atom. The lowest BCUT2D eigenvalue weighted by molar-refractivity contribution is 0.0960. The smallest absolute Gasteiger partial charge is 0.243 e. The summed E-state index contributed by atoms with van der Waals surface area (Å²) in [4.78, 5) is 4.98. The second-order valence-corrected chi connectivity index (χ2v) is 12.3. The summed E-state index contributed by atoms with van der Waals surface area (Å²) in [7, 11) is -3.61. The van der Waals surface area contributed by atoms with Crippen LogP contribution >= 0.6 is 11.8 Å². The van der Waals surface area contributed by atoms with Gasteiger partial charge in [-0.05, 0) is 61.4 Å². The van der Waals surface area contributed by atoms with E-state index < -0.39 is 21.7 Å². The average molecular weight is 522 g/mol. The molecule has 10 heteroatoms. The van der Waals surface area contributed by atoms with Crippen LogP contribution in [-0.4, -0.2) is 48.1 Å². The van der Waals surface area contributed by atoms with Gasteiger partial charge in [0.1, 0.15) is 11.6 Å². The predicted octanol–water partition coefficient (Wildman–Crippen LogP) is 5.21. The van der Waals surface area contributed by atoms with E-state index in [1.807, 2.05) is 4.57 Å². The first kappa shape index (κ1) is 24.7. The zero-order valence-corrected chi connectivity index (χ0v) is 21.3. The average Bonchev–Trinajstić information content (AvgIpc) is 3.46. The van der Waals surface area contributed by atoms with Crippen LogP contribution in [0.2, 0.25) is 0 Å². The van der Waals surface area contributed by atoms with Crippen molar-refractivity contribution in [1.29, 1.82) is 0 Å². The van der Waals surface area contributed by atoms with Crippen LogP contribution in [-0.2, 0) is 27.1 Å². The minimum atomic E-state index is -3.61. The first-order chi connectivity index (χ1) is 16.8. The SMILES string of the molecule is C[C@@H]1CCCN(S(=O)(=O)c2ccc3c(c2)nc(SCc2ccc(F)cc2F)n3C[C@@H]2CCCO2)C1. The molecule has 0 bridgehead atoms. The zero-order chi connectivity index (χ0) is 24.6. The Hall–Kier alpha value is -2.01. The molecule has 0 radical (unpaired) electrons. The Morgan fingerprint density at radius 1 is 1.14 bits per heavy atom. The van der Waals surface area contributed by atoms with Crippen LogP contribution in [0.4, 0.5) is 8.78 Å². The van der Waals surface area contributed by atoms with E-state index in [1.165, 1.54) is 23.9 Å². The third-order valence-electron chi connectivity index (χ3n) is 6.72. The number of rotatable bonds is 7. The van der Waals surface area contributed by atoms with Crippen molar-refractivity contribution in [3.63, 3.8) is 0 Å². The highest BCUT2D eigenvalue weighted by Crippen LogP contribution is 2.32. The molecule has 2 aliphatic rings. The van der Waals surface area contributed by atoms with Gasteiger partial charge in [-0.15, -0.1) is 0 Å². The standard InChI is InChI=1S/C25H29F2N3O3S2/c1-17-4-2-10-29(14-17)35(31,32)21-8-9-24-23(13-21)28-25(30(24)15-20-5-3-11-33-20)34-16-18-6-7-19(26)12-22(18)27/h6-9,12-13,17,20H,2-5,10-11,14-16H2,1H3/t17-,20+/m1/s1. The lowest BCUT2D eigenvalue weighted by Crippen LogP contribution is -2.39. The second kappa shape index (κ2) is 10.2. The Bertz CT molecular complexity index is 1320. The molecular formula is C25H29F2N3O3S2. The highest BCUT2D eigenvalue weighted by atomic mass is 32.2. The van der Waals surface area contributed by atoms with E-state index in [0.717, 1.165) is 43.9 Å². The normalized spacial score (nSPS) is 21.7. The van der Waals surface area contributed by atoms with Crippen molar-refractivity contribution >= 4 is 32.8 Å². The van der Waals surface area contributed by atoms with E-state index in [4.69, 9.17) is 9.72 Å². The summed E-state index contributed by atoms with van der Waals surface area (Å²) in [6.45, 7) is 4.43. The summed E-state index contributed by atoms with van der Waals surface area (Å²) in [5.74, 6) is -0.595. The van der Waals surface area contributed by atoms with Gasteiger partial charge >= 0.3 is 0 Å². The Balaban J connectivity index is 1.47. The summed E-state index contributed by atoms with van der Waals surface area (Å²) >= 11 is 1.34. The number of aromatic nitrogens is 2. The fourth-order valence-corrected chi connectivity index (χ4v) is 7.45. The summed E-state index contributed by atoms with van der Waals surface area (Å²) in [5.41, 5.74) is 1.78. The quantitative estimate of drug-likeness (QED) is 0.400. The topological polar surface area (TPSA) is 64.4 Å². The molecule has 1 aromatic heterocycles. The van der Waals surface area contributed by atoms with Gasteiger partial charge in [0.05, 0.1) is 28.6 Å². The van der Waals surface area contributed by atoms with Crippen LogP contribution in [0.1, 0.15) is 38.2 Å². The van der Waals surface area contributed by atoms with Gasteiger partial charge in [0.25, 0.3) is 0 Å². The number of piperidine rings is 1. The van der Waals surface area contributed by atoms with Gasteiger partial charge < -0.3 is 9.30 Å². The van der Waals surface area contributed by atoms with E-state index in [0.29, 0.717) is 41.8 Å². The molecule has 2 fully saturated rings. The molecule has 3 aromatic rings. The molecule has 0 aliphatic carbocycles.